The van der Waals surface area contributed by atoms with Gasteiger partial charge in [-0.3, -0.25) is 9.69 Å². The largest absolute Gasteiger partial charge is 0.497 e. The van der Waals surface area contributed by atoms with Crippen molar-refractivity contribution in [2.24, 2.45) is 0 Å². The molecule has 7 nitrogen and oxygen atoms in total. The van der Waals surface area contributed by atoms with Crippen LogP contribution in [0.2, 0.25) is 0 Å². The first-order valence-corrected chi connectivity index (χ1v) is 11.1. The van der Waals surface area contributed by atoms with Gasteiger partial charge in [0.25, 0.3) is 5.91 Å². The Bertz CT molecular complexity index is 1070. The highest BCUT2D eigenvalue weighted by molar-refractivity contribution is 5.94. The van der Waals surface area contributed by atoms with Gasteiger partial charge >= 0.3 is 0 Å². The van der Waals surface area contributed by atoms with Crippen LogP contribution in [0, 0.1) is 0 Å². The van der Waals surface area contributed by atoms with Crippen LogP contribution in [-0.4, -0.2) is 46.7 Å². The van der Waals surface area contributed by atoms with Crippen molar-refractivity contribution in [3.05, 3.63) is 78.4 Å². The van der Waals surface area contributed by atoms with Gasteiger partial charge in [0, 0.05) is 37.7 Å². The molecule has 1 fully saturated rings. The Morgan fingerprint density at radius 2 is 2.00 bits per heavy atom. The molecule has 166 valence electrons. The first-order chi connectivity index (χ1) is 15.6. The van der Waals surface area contributed by atoms with Gasteiger partial charge in [-0.25, -0.2) is 4.98 Å². The van der Waals surface area contributed by atoms with E-state index in [1.54, 1.807) is 13.3 Å². The molecule has 1 aromatic heterocycles. The zero-order valence-electron chi connectivity index (χ0n) is 18.2. The van der Waals surface area contributed by atoms with Gasteiger partial charge in [-0.15, -0.1) is 0 Å². The molecule has 0 unspecified atom stereocenters. The molecule has 2 aliphatic rings. The summed E-state index contributed by atoms with van der Waals surface area (Å²) in [5.74, 6) is 1.69. The molecule has 0 aliphatic carbocycles. The highest BCUT2D eigenvalue weighted by Gasteiger charge is 2.47. The minimum absolute atomic E-state index is 0.117. The lowest BCUT2D eigenvalue weighted by molar-refractivity contribution is -0.170. The molecule has 1 N–H and O–H groups in total. The van der Waals surface area contributed by atoms with Crippen molar-refractivity contribution in [2.75, 3.05) is 25.5 Å². The zero-order chi connectivity index (χ0) is 22.0. The number of hydrogen-bond acceptors (Lipinski definition) is 5. The van der Waals surface area contributed by atoms with Gasteiger partial charge in [0.05, 0.1) is 13.7 Å². The summed E-state index contributed by atoms with van der Waals surface area (Å²) in [5.41, 5.74) is 1.47. The number of rotatable bonds is 5. The predicted molar refractivity (Wildman–Crippen MR) is 121 cm³/mol. The second-order valence-corrected chi connectivity index (χ2v) is 8.49. The van der Waals surface area contributed by atoms with Crippen LogP contribution in [0.3, 0.4) is 0 Å². The molecule has 3 aromatic rings. The van der Waals surface area contributed by atoms with Crippen LogP contribution in [-0.2, 0) is 28.2 Å². The number of aromatic nitrogens is 2. The van der Waals surface area contributed by atoms with Crippen molar-refractivity contribution in [1.29, 1.82) is 0 Å². The minimum atomic E-state index is -0.554. The van der Waals surface area contributed by atoms with E-state index in [2.05, 4.69) is 31.9 Å². The molecule has 7 heteroatoms. The molecule has 1 amide bonds. The zero-order valence-corrected chi connectivity index (χ0v) is 18.2. The van der Waals surface area contributed by atoms with E-state index in [-0.39, 0.29) is 5.91 Å². The predicted octanol–water partition coefficient (Wildman–Crippen LogP) is 3.42. The molecule has 1 spiro atoms. The van der Waals surface area contributed by atoms with Gasteiger partial charge in [0.1, 0.15) is 17.2 Å². The van der Waals surface area contributed by atoms with E-state index in [0.717, 1.165) is 49.7 Å². The number of anilines is 1. The number of amides is 1. The second-order valence-electron chi connectivity index (χ2n) is 8.49. The van der Waals surface area contributed by atoms with E-state index in [4.69, 9.17) is 9.47 Å². The molecule has 1 atom stereocenters. The summed E-state index contributed by atoms with van der Waals surface area (Å²) in [6, 6.07) is 17.7. The van der Waals surface area contributed by atoms with Crippen LogP contribution in [0.5, 0.6) is 5.75 Å². The lowest BCUT2D eigenvalue weighted by atomic mass is 9.88. The van der Waals surface area contributed by atoms with Gasteiger partial charge in [-0.2, -0.15) is 0 Å². The van der Waals surface area contributed by atoms with Crippen LogP contribution in [0.25, 0.3) is 0 Å². The Balaban J connectivity index is 1.29. The van der Waals surface area contributed by atoms with Crippen molar-refractivity contribution in [2.45, 2.75) is 37.6 Å². The molecule has 32 heavy (non-hydrogen) atoms. The first kappa shape index (κ1) is 20.7. The smallest absolute Gasteiger partial charge is 0.255 e. The van der Waals surface area contributed by atoms with Crippen molar-refractivity contribution in [1.82, 2.24) is 14.5 Å². The van der Waals surface area contributed by atoms with E-state index in [0.29, 0.717) is 6.54 Å². The Morgan fingerprint density at radius 3 is 2.78 bits per heavy atom. The molecule has 2 aromatic carbocycles. The van der Waals surface area contributed by atoms with E-state index in [9.17, 15) is 4.79 Å². The SMILES string of the molecule is COc1cccc(CN2CCC3(CC2)O[C@@H](C(=O)Nc2ccccc2)Cn2ccnc23)c1. The third-order valence-corrected chi connectivity index (χ3v) is 6.39. The summed E-state index contributed by atoms with van der Waals surface area (Å²) in [6.07, 6.45) is 4.79. The van der Waals surface area contributed by atoms with E-state index >= 15 is 0 Å². The van der Waals surface area contributed by atoms with Crippen LogP contribution < -0.4 is 10.1 Å². The van der Waals surface area contributed by atoms with Gasteiger partial charge < -0.3 is 19.4 Å². The monoisotopic (exact) mass is 432 g/mol. The van der Waals surface area contributed by atoms with Crippen LogP contribution in [0.4, 0.5) is 5.69 Å². The molecule has 5 rings (SSSR count). The number of para-hydroxylation sites is 1. The fourth-order valence-corrected chi connectivity index (χ4v) is 4.72. The third-order valence-electron chi connectivity index (χ3n) is 6.39. The third kappa shape index (κ3) is 4.13. The average Bonchev–Trinajstić information content (AvgIpc) is 3.31. The van der Waals surface area contributed by atoms with Crippen LogP contribution in [0.15, 0.2) is 67.0 Å². The first-order valence-electron chi connectivity index (χ1n) is 11.1. The van der Waals surface area contributed by atoms with Crippen molar-refractivity contribution in [3.63, 3.8) is 0 Å². The summed E-state index contributed by atoms with van der Waals surface area (Å²) >= 11 is 0. The van der Waals surface area contributed by atoms with E-state index in [1.807, 2.05) is 48.7 Å². The number of methoxy groups -OCH3 is 1. The number of nitrogens with zero attached hydrogens (tertiary/aromatic N) is 3. The average molecular weight is 433 g/mol. The maximum atomic E-state index is 13.0. The molecule has 0 radical (unpaired) electrons. The number of hydrogen-bond donors (Lipinski definition) is 1. The summed E-state index contributed by atoms with van der Waals surface area (Å²) in [5, 5.41) is 2.99. The number of fused-ring (bicyclic) bond motifs is 2. The summed E-state index contributed by atoms with van der Waals surface area (Å²) in [4.78, 5) is 20.0. The summed E-state index contributed by atoms with van der Waals surface area (Å²) in [6.45, 7) is 3.08. The molecule has 0 bridgehead atoms. The Hall–Kier alpha value is -3.16. The fourth-order valence-electron chi connectivity index (χ4n) is 4.72. The summed E-state index contributed by atoms with van der Waals surface area (Å²) in [7, 11) is 1.69. The maximum absolute atomic E-state index is 13.0. The number of carbonyl (C=O) groups excluding carboxylic acids is 1. The number of ether oxygens (including phenoxy) is 2. The standard InChI is InChI=1S/C25H28N4O3/c1-31-21-9-5-6-19(16-21)17-28-13-10-25(11-14-28)24-26-12-15-29(24)18-22(32-25)23(30)27-20-7-3-2-4-8-20/h2-9,12,15-16,22H,10-11,13-14,17-18H2,1H3,(H,27,30)/t22-/m1/s1. The van der Waals surface area contributed by atoms with Crippen molar-refractivity contribution in [3.8, 4) is 5.75 Å². The van der Waals surface area contributed by atoms with E-state index in [1.165, 1.54) is 5.56 Å². The molecule has 1 saturated heterocycles. The van der Waals surface area contributed by atoms with E-state index < -0.39 is 11.7 Å². The van der Waals surface area contributed by atoms with Gasteiger partial charge in [0.15, 0.2) is 6.10 Å². The number of likely N-dealkylation sites (tertiary alicyclic amines) is 1. The number of benzene rings is 2. The number of piperidine rings is 1. The lowest BCUT2D eigenvalue weighted by Gasteiger charge is -2.45. The molecular formula is C25H28N4O3. The number of carbonyl (C=O) groups is 1. The van der Waals surface area contributed by atoms with Crippen molar-refractivity contribution < 1.29 is 14.3 Å². The Labute approximate surface area is 188 Å². The molecule has 3 heterocycles. The lowest BCUT2D eigenvalue weighted by Crippen LogP contribution is -2.53. The van der Waals surface area contributed by atoms with Gasteiger partial charge in [0.2, 0.25) is 0 Å². The molecule has 0 saturated carbocycles. The molecular weight excluding hydrogens is 404 g/mol. The highest BCUT2D eigenvalue weighted by Crippen LogP contribution is 2.40. The number of nitrogens with one attached hydrogen (secondary N) is 1. The Kier molecular flexibility index (Phi) is 5.68. The number of imidazole rings is 1. The normalized spacial score (nSPS) is 20.0. The van der Waals surface area contributed by atoms with Crippen LogP contribution in [0.1, 0.15) is 24.2 Å². The van der Waals surface area contributed by atoms with Crippen LogP contribution >= 0.6 is 0 Å². The fraction of sp³-hybridized carbons (Fsp3) is 0.360. The quantitative estimate of drug-likeness (QED) is 0.669. The summed E-state index contributed by atoms with van der Waals surface area (Å²) < 4.78 is 14.0. The van der Waals surface area contributed by atoms with Gasteiger partial charge in [-0.05, 0) is 42.7 Å². The van der Waals surface area contributed by atoms with Crippen molar-refractivity contribution >= 4 is 11.6 Å². The Morgan fingerprint density at radius 1 is 1.19 bits per heavy atom. The molecule has 2 aliphatic heterocycles. The second kappa shape index (κ2) is 8.76. The minimum Gasteiger partial charge on any atom is -0.497 e. The van der Waals surface area contributed by atoms with Gasteiger partial charge in [-0.1, -0.05) is 30.3 Å². The topological polar surface area (TPSA) is 68.6 Å². The highest BCUT2D eigenvalue weighted by atomic mass is 16.5. The maximum Gasteiger partial charge on any atom is 0.255 e.